The Hall–Kier alpha value is -5.22. The van der Waals surface area contributed by atoms with E-state index >= 15 is 0 Å². The maximum Gasteiger partial charge on any atom is 0.338 e. The van der Waals surface area contributed by atoms with Crippen molar-refractivity contribution < 1.29 is 28.6 Å². The average Bonchev–Trinajstić information content (AvgIpc) is 3.60. The number of nitrogens with zero attached hydrogens (tertiary/aromatic N) is 2. The Morgan fingerprint density at radius 1 is 1.09 bits per heavy atom. The van der Waals surface area contributed by atoms with E-state index in [4.69, 9.17) is 13.9 Å². The summed E-state index contributed by atoms with van der Waals surface area (Å²) in [5.74, 6) is -0.210. The van der Waals surface area contributed by atoms with Crippen LogP contribution in [-0.2, 0) is 9.53 Å². The lowest BCUT2D eigenvalue weighted by molar-refractivity contribution is -0.139. The number of thiazole rings is 1. The molecule has 1 aliphatic rings. The van der Waals surface area contributed by atoms with Gasteiger partial charge in [0.2, 0.25) is 0 Å². The summed E-state index contributed by atoms with van der Waals surface area (Å²) in [5, 5.41) is 11.1. The van der Waals surface area contributed by atoms with Crippen LogP contribution in [-0.4, -0.2) is 35.3 Å². The van der Waals surface area contributed by atoms with E-state index in [-0.39, 0.29) is 23.3 Å². The zero-order chi connectivity index (χ0) is 30.2. The van der Waals surface area contributed by atoms with Crippen molar-refractivity contribution >= 4 is 40.1 Å². The highest BCUT2D eigenvalue weighted by Gasteiger charge is 2.36. The van der Waals surface area contributed by atoms with Crippen LogP contribution < -0.4 is 19.6 Å². The molecule has 0 saturated heterocycles. The van der Waals surface area contributed by atoms with Gasteiger partial charge in [0.1, 0.15) is 23.3 Å². The molecule has 216 valence electrons. The number of fused-ring (bicyclic) bond motifs is 2. The number of methoxy groups -OCH3 is 1. The van der Waals surface area contributed by atoms with Crippen molar-refractivity contribution in [2.45, 2.75) is 19.9 Å². The fourth-order valence-electron chi connectivity index (χ4n) is 5.32. The Morgan fingerprint density at radius 3 is 2.67 bits per heavy atom. The zero-order valence-electron chi connectivity index (χ0n) is 23.5. The number of hydrogen-bond donors (Lipinski definition) is 1. The van der Waals surface area contributed by atoms with Gasteiger partial charge < -0.3 is 19.0 Å². The van der Waals surface area contributed by atoms with Crippen LogP contribution in [0.15, 0.2) is 98.3 Å². The second-order valence-electron chi connectivity index (χ2n) is 9.79. The highest BCUT2D eigenvalue weighted by atomic mass is 32.1. The molecule has 0 spiro atoms. The van der Waals surface area contributed by atoms with Gasteiger partial charge in [-0.3, -0.25) is 9.36 Å². The van der Waals surface area contributed by atoms with Gasteiger partial charge in [-0.15, -0.1) is 0 Å². The lowest BCUT2D eigenvalue weighted by atomic mass is 9.90. The molecule has 1 N–H and O–H groups in total. The third-order valence-electron chi connectivity index (χ3n) is 7.24. The SMILES string of the molecule is CCOC(=O)C1=C(C)N=c2s/c(=C\c3ccc(-c4cccc(C(=O)O)c4)o3)c(=O)n2C1c1c(OC)ccc2ccccc12. The number of aromatic nitrogens is 1. The Morgan fingerprint density at radius 2 is 1.91 bits per heavy atom. The predicted molar refractivity (Wildman–Crippen MR) is 162 cm³/mol. The fourth-order valence-corrected chi connectivity index (χ4v) is 6.35. The standard InChI is InChI=1S/C33H26N2O7S/c1-4-41-32(39)27-18(2)34-33-35(29(27)28-23-11-6-5-8-19(23)12-14-25(28)40-3)30(36)26(43-33)17-22-13-15-24(42-22)20-9-7-10-21(16-20)31(37)38/h5-17,29H,4H2,1-3H3,(H,37,38)/b26-17-. The first kappa shape index (κ1) is 27.9. The smallest absolute Gasteiger partial charge is 0.338 e. The Labute approximate surface area is 249 Å². The van der Waals surface area contributed by atoms with Gasteiger partial charge >= 0.3 is 11.9 Å². The molecule has 5 aromatic rings. The highest BCUT2D eigenvalue weighted by Crippen LogP contribution is 2.40. The van der Waals surface area contributed by atoms with E-state index in [1.54, 1.807) is 51.3 Å². The van der Waals surface area contributed by atoms with Gasteiger partial charge in [-0.25, -0.2) is 14.6 Å². The van der Waals surface area contributed by atoms with Crippen molar-refractivity contribution in [1.82, 2.24) is 4.57 Å². The second-order valence-corrected chi connectivity index (χ2v) is 10.8. The minimum Gasteiger partial charge on any atom is -0.496 e. The third-order valence-corrected chi connectivity index (χ3v) is 8.22. The molecule has 3 heterocycles. The molecule has 0 saturated carbocycles. The molecule has 1 unspecified atom stereocenters. The van der Waals surface area contributed by atoms with Crippen LogP contribution in [0.5, 0.6) is 5.75 Å². The van der Waals surface area contributed by atoms with Crippen LogP contribution in [0.1, 0.15) is 41.6 Å². The van der Waals surface area contributed by atoms with Gasteiger partial charge in [0.05, 0.1) is 35.1 Å². The minimum absolute atomic E-state index is 0.139. The number of benzene rings is 3. The molecule has 6 rings (SSSR count). The van der Waals surface area contributed by atoms with E-state index in [1.165, 1.54) is 28.0 Å². The summed E-state index contributed by atoms with van der Waals surface area (Å²) in [4.78, 5) is 44.0. The van der Waals surface area contributed by atoms with Crippen LogP contribution in [0.25, 0.3) is 28.2 Å². The molecule has 0 radical (unpaired) electrons. The first-order valence-corrected chi connectivity index (χ1v) is 14.3. The quantitative estimate of drug-likeness (QED) is 0.266. The van der Waals surface area contributed by atoms with Gasteiger partial charge in [0, 0.05) is 17.2 Å². The number of carbonyl (C=O) groups excluding carboxylic acids is 1. The number of rotatable bonds is 7. The summed E-state index contributed by atoms with van der Waals surface area (Å²) in [6.07, 6.45) is 1.62. The maximum absolute atomic E-state index is 14.1. The van der Waals surface area contributed by atoms with Gasteiger partial charge in [-0.1, -0.05) is 53.8 Å². The van der Waals surface area contributed by atoms with Crippen molar-refractivity contribution in [2.24, 2.45) is 4.99 Å². The molecule has 43 heavy (non-hydrogen) atoms. The first-order valence-electron chi connectivity index (χ1n) is 13.5. The Balaban J connectivity index is 1.54. The molecule has 0 amide bonds. The maximum atomic E-state index is 14.1. The summed E-state index contributed by atoms with van der Waals surface area (Å²) in [7, 11) is 1.55. The summed E-state index contributed by atoms with van der Waals surface area (Å²) in [6, 6.07) is 20.5. The number of carboxylic acids is 1. The van der Waals surface area contributed by atoms with E-state index in [1.807, 2.05) is 36.4 Å². The first-order chi connectivity index (χ1) is 20.8. The van der Waals surface area contributed by atoms with Crippen LogP contribution >= 0.6 is 11.3 Å². The molecule has 9 nitrogen and oxygen atoms in total. The number of carboxylic acid groups (broad SMARTS) is 1. The van der Waals surface area contributed by atoms with E-state index < -0.39 is 18.0 Å². The topological polar surface area (TPSA) is 120 Å². The number of furan rings is 1. The molecule has 0 bridgehead atoms. The molecule has 1 atom stereocenters. The van der Waals surface area contributed by atoms with Crippen molar-refractivity contribution in [1.29, 1.82) is 0 Å². The Kier molecular flexibility index (Phi) is 7.29. The normalized spacial score (nSPS) is 14.9. The lowest BCUT2D eigenvalue weighted by Gasteiger charge is -2.27. The van der Waals surface area contributed by atoms with Crippen LogP contribution in [0.2, 0.25) is 0 Å². The van der Waals surface area contributed by atoms with Gasteiger partial charge in [-0.2, -0.15) is 0 Å². The number of carbonyl (C=O) groups is 2. The number of aromatic carboxylic acids is 1. The number of hydrogen-bond acceptors (Lipinski definition) is 8. The zero-order valence-corrected chi connectivity index (χ0v) is 24.3. The van der Waals surface area contributed by atoms with E-state index in [9.17, 15) is 19.5 Å². The average molecular weight is 595 g/mol. The van der Waals surface area contributed by atoms with Crippen molar-refractivity contribution in [3.8, 4) is 17.1 Å². The van der Waals surface area contributed by atoms with Crippen LogP contribution in [0.3, 0.4) is 0 Å². The van der Waals surface area contributed by atoms with Gasteiger partial charge in [-0.05, 0) is 55.0 Å². The number of ether oxygens (including phenoxy) is 2. The molecule has 1 aliphatic heterocycles. The molecule has 0 aliphatic carbocycles. The van der Waals surface area contributed by atoms with E-state index in [0.29, 0.717) is 43.4 Å². The molecule has 3 aromatic carbocycles. The van der Waals surface area contributed by atoms with E-state index in [0.717, 1.165) is 10.8 Å². The van der Waals surface area contributed by atoms with Crippen molar-refractivity contribution in [3.05, 3.63) is 121 Å². The summed E-state index contributed by atoms with van der Waals surface area (Å²) < 4.78 is 19.1. The highest BCUT2D eigenvalue weighted by molar-refractivity contribution is 7.07. The largest absolute Gasteiger partial charge is 0.496 e. The van der Waals surface area contributed by atoms with Crippen LogP contribution in [0, 0.1) is 0 Å². The van der Waals surface area contributed by atoms with E-state index in [2.05, 4.69) is 4.99 Å². The Bertz CT molecular complexity index is 2130. The lowest BCUT2D eigenvalue weighted by Crippen LogP contribution is -2.40. The van der Waals surface area contributed by atoms with Crippen molar-refractivity contribution in [3.63, 3.8) is 0 Å². The number of esters is 1. The summed E-state index contributed by atoms with van der Waals surface area (Å²) in [5.41, 5.74) is 1.74. The third kappa shape index (κ3) is 4.95. The van der Waals surface area contributed by atoms with Crippen molar-refractivity contribution in [2.75, 3.05) is 13.7 Å². The summed E-state index contributed by atoms with van der Waals surface area (Å²) in [6.45, 7) is 3.62. The summed E-state index contributed by atoms with van der Waals surface area (Å²) >= 11 is 1.18. The molecular formula is C33H26N2O7S. The minimum atomic E-state index is -1.04. The molecule has 10 heteroatoms. The fraction of sp³-hybridized carbons (Fsp3) is 0.152. The molecule has 0 fully saturated rings. The van der Waals surface area contributed by atoms with Crippen LogP contribution in [0.4, 0.5) is 0 Å². The molecular weight excluding hydrogens is 568 g/mol. The predicted octanol–water partition coefficient (Wildman–Crippen LogP) is 4.92. The van der Waals surface area contributed by atoms with Gasteiger partial charge in [0.25, 0.3) is 5.56 Å². The molecule has 2 aromatic heterocycles. The van der Waals surface area contributed by atoms with Gasteiger partial charge in [0.15, 0.2) is 4.80 Å². The second kappa shape index (κ2) is 11.2. The number of allylic oxidation sites excluding steroid dienone is 1. The monoisotopic (exact) mass is 594 g/mol.